The number of amides is 3. The number of halogens is 1. The molecule has 5 nitrogen and oxygen atoms in total. The number of carbonyl (C=O) groups is 2. The van der Waals surface area contributed by atoms with Gasteiger partial charge in [-0.25, -0.2) is 9.18 Å². The first-order chi connectivity index (χ1) is 10.0. The van der Waals surface area contributed by atoms with Crippen molar-refractivity contribution in [3.05, 3.63) is 35.6 Å². The van der Waals surface area contributed by atoms with Crippen molar-refractivity contribution in [2.75, 3.05) is 26.2 Å². The van der Waals surface area contributed by atoms with Crippen LogP contribution in [-0.2, 0) is 4.79 Å². The fourth-order valence-corrected chi connectivity index (χ4v) is 2.44. The van der Waals surface area contributed by atoms with Crippen LogP contribution in [0.4, 0.5) is 9.18 Å². The molecule has 114 valence electrons. The minimum Gasteiger partial charge on any atom is -0.336 e. The molecule has 0 aromatic heterocycles. The number of imide groups is 1. The Hall–Kier alpha value is -1.95. The van der Waals surface area contributed by atoms with Gasteiger partial charge in [-0.05, 0) is 31.2 Å². The van der Waals surface area contributed by atoms with Crippen molar-refractivity contribution in [1.29, 1.82) is 0 Å². The molecule has 6 heteroatoms. The fraction of sp³-hybridized carbons (Fsp3) is 0.467. The molecule has 0 saturated carbocycles. The summed E-state index contributed by atoms with van der Waals surface area (Å²) < 4.78 is 13.0. The predicted octanol–water partition coefficient (Wildman–Crippen LogP) is 1.76. The number of hydrogen-bond acceptors (Lipinski definition) is 3. The zero-order valence-corrected chi connectivity index (χ0v) is 12.3. The molecule has 1 aliphatic heterocycles. The Morgan fingerprint density at radius 2 is 2.10 bits per heavy atom. The maximum Gasteiger partial charge on any atom is 0.324 e. The molecule has 3 amide bonds. The van der Waals surface area contributed by atoms with Crippen molar-refractivity contribution < 1.29 is 14.0 Å². The molecule has 1 N–H and O–H groups in total. The maximum absolute atomic E-state index is 13.0. The highest BCUT2D eigenvalue weighted by Gasteiger charge is 2.28. The number of carbonyl (C=O) groups excluding carboxylic acids is 2. The summed E-state index contributed by atoms with van der Waals surface area (Å²) in [4.78, 5) is 26.9. The van der Waals surface area contributed by atoms with Gasteiger partial charge in [0.2, 0.25) is 5.91 Å². The topological polar surface area (TPSA) is 52.7 Å². The number of rotatable bonds is 5. The lowest BCUT2D eigenvalue weighted by molar-refractivity contribution is -0.129. The number of urea groups is 1. The number of benzene rings is 1. The maximum atomic E-state index is 13.0. The number of hydrogen-bond donors (Lipinski definition) is 1. The van der Waals surface area contributed by atoms with Crippen LogP contribution in [0.15, 0.2) is 24.3 Å². The largest absolute Gasteiger partial charge is 0.336 e. The average Bonchev–Trinajstić information content (AvgIpc) is 2.91. The lowest BCUT2D eigenvalue weighted by atomic mass is 10.1. The third-order valence-electron chi connectivity index (χ3n) is 3.80. The van der Waals surface area contributed by atoms with E-state index in [1.165, 1.54) is 17.0 Å². The monoisotopic (exact) mass is 293 g/mol. The van der Waals surface area contributed by atoms with E-state index < -0.39 is 0 Å². The first-order valence-corrected chi connectivity index (χ1v) is 7.10. The van der Waals surface area contributed by atoms with Gasteiger partial charge in [0.05, 0.1) is 6.54 Å². The van der Waals surface area contributed by atoms with E-state index in [9.17, 15) is 14.0 Å². The molecule has 1 aromatic carbocycles. The Balaban J connectivity index is 2.03. The molecule has 1 aliphatic rings. The Kier molecular flexibility index (Phi) is 4.90. The summed E-state index contributed by atoms with van der Waals surface area (Å²) in [6, 6.07) is 5.91. The van der Waals surface area contributed by atoms with Crippen LogP contribution >= 0.6 is 0 Å². The lowest BCUT2D eigenvalue weighted by Gasteiger charge is -2.28. The molecule has 0 aliphatic carbocycles. The highest BCUT2D eigenvalue weighted by atomic mass is 19.1. The van der Waals surface area contributed by atoms with Crippen LogP contribution < -0.4 is 5.32 Å². The molecular weight excluding hydrogens is 273 g/mol. The fourth-order valence-electron chi connectivity index (χ4n) is 2.44. The zero-order valence-electron chi connectivity index (χ0n) is 12.3. The van der Waals surface area contributed by atoms with Gasteiger partial charge in [-0.2, -0.15) is 0 Å². The highest BCUT2D eigenvalue weighted by Crippen LogP contribution is 2.20. The van der Waals surface area contributed by atoms with Gasteiger partial charge in [0.1, 0.15) is 5.82 Å². The van der Waals surface area contributed by atoms with E-state index in [1.54, 1.807) is 12.1 Å². The Labute approximate surface area is 123 Å². The Bertz CT molecular complexity index is 518. The summed E-state index contributed by atoms with van der Waals surface area (Å²) in [7, 11) is 0. The normalized spacial score (nSPS) is 16.2. The van der Waals surface area contributed by atoms with Gasteiger partial charge in [0, 0.05) is 19.1 Å². The van der Waals surface area contributed by atoms with Crippen molar-refractivity contribution in [3.8, 4) is 0 Å². The van der Waals surface area contributed by atoms with Gasteiger partial charge in [-0.3, -0.25) is 14.6 Å². The van der Waals surface area contributed by atoms with E-state index in [0.29, 0.717) is 19.6 Å². The molecule has 21 heavy (non-hydrogen) atoms. The van der Waals surface area contributed by atoms with Gasteiger partial charge in [-0.1, -0.05) is 19.1 Å². The summed E-state index contributed by atoms with van der Waals surface area (Å²) in [5.74, 6) is -0.486. The van der Waals surface area contributed by atoms with Crippen LogP contribution in [0.25, 0.3) is 0 Å². The third-order valence-corrected chi connectivity index (χ3v) is 3.80. The second kappa shape index (κ2) is 6.67. The van der Waals surface area contributed by atoms with E-state index in [1.807, 2.05) is 18.7 Å². The quantitative estimate of drug-likeness (QED) is 0.900. The molecule has 1 heterocycles. The van der Waals surface area contributed by atoms with E-state index in [0.717, 1.165) is 5.56 Å². The van der Waals surface area contributed by atoms with Crippen LogP contribution in [0, 0.1) is 5.82 Å². The van der Waals surface area contributed by atoms with E-state index in [4.69, 9.17) is 0 Å². The van der Waals surface area contributed by atoms with Crippen LogP contribution in [-0.4, -0.2) is 47.9 Å². The standard InChI is InChI=1S/C15H20FN3O2/c1-3-18(10-14(20)19-9-8-17-15(19)21)11(2)12-4-6-13(16)7-5-12/h4-7,11H,3,8-10H2,1-2H3,(H,17,21)/t11-/m1/s1. The molecule has 0 bridgehead atoms. The molecule has 0 spiro atoms. The van der Waals surface area contributed by atoms with E-state index >= 15 is 0 Å². The number of likely N-dealkylation sites (N-methyl/N-ethyl adjacent to an activating group) is 1. The summed E-state index contributed by atoms with van der Waals surface area (Å²) in [6.07, 6.45) is 0. The lowest BCUT2D eigenvalue weighted by Crippen LogP contribution is -2.42. The molecule has 2 rings (SSSR count). The van der Waals surface area contributed by atoms with Crippen molar-refractivity contribution in [2.45, 2.75) is 19.9 Å². The molecule has 1 atom stereocenters. The first-order valence-electron chi connectivity index (χ1n) is 7.10. The van der Waals surface area contributed by atoms with Crippen LogP contribution in [0.3, 0.4) is 0 Å². The molecule has 1 saturated heterocycles. The van der Waals surface area contributed by atoms with Gasteiger partial charge in [0.15, 0.2) is 0 Å². The third kappa shape index (κ3) is 3.58. The summed E-state index contributed by atoms with van der Waals surface area (Å²) in [6.45, 7) is 5.68. The first kappa shape index (κ1) is 15.4. The van der Waals surface area contributed by atoms with E-state index in [-0.39, 0.29) is 30.3 Å². The molecule has 0 radical (unpaired) electrons. The van der Waals surface area contributed by atoms with Gasteiger partial charge in [-0.15, -0.1) is 0 Å². The molecule has 0 unspecified atom stereocenters. The summed E-state index contributed by atoms with van der Waals surface area (Å²) >= 11 is 0. The SMILES string of the molecule is CCN(CC(=O)N1CCNC1=O)[C@H](C)c1ccc(F)cc1. The Morgan fingerprint density at radius 1 is 1.43 bits per heavy atom. The average molecular weight is 293 g/mol. The second-order valence-corrected chi connectivity index (χ2v) is 5.07. The minimum atomic E-state index is -0.328. The Morgan fingerprint density at radius 3 is 2.62 bits per heavy atom. The molecule has 1 fully saturated rings. The predicted molar refractivity (Wildman–Crippen MR) is 77.2 cm³/mol. The molecular formula is C15H20FN3O2. The van der Waals surface area contributed by atoms with Gasteiger partial charge < -0.3 is 5.32 Å². The number of nitrogens with one attached hydrogen (secondary N) is 1. The van der Waals surface area contributed by atoms with Crippen LogP contribution in [0.2, 0.25) is 0 Å². The summed E-state index contributed by atoms with van der Waals surface area (Å²) in [5.41, 5.74) is 0.942. The molecule has 1 aromatic rings. The van der Waals surface area contributed by atoms with Crippen molar-refractivity contribution in [1.82, 2.24) is 15.1 Å². The van der Waals surface area contributed by atoms with Crippen molar-refractivity contribution >= 4 is 11.9 Å². The van der Waals surface area contributed by atoms with Crippen LogP contribution in [0.5, 0.6) is 0 Å². The minimum absolute atomic E-state index is 0.0229. The smallest absolute Gasteiger partial charge is 0.324 e. The van der Waals surface area contributed by atoms with Crippen LogP contribution in [0.1, 0.15) is 25.5 Å². The number of nitrogens with zero attached hydrogens (tertiary/aromatic N) is 2. The second-order valence-electron chi connectivity index (χ2n) is 5.07. The zero-order chi connectivity index (χ0) is 15.4. The summed E-state index contributed by atoms with van der Waals surface area (Å²) in [5, 5.41) is 2.61. The van der Waals surface area contributed by atoms with Crippen molar-refractivity contribution in [2.24, 2.45) is 0 Å². The highest BCUT2D eigenvalue weighted by molar-refractivity contribution is 5.96. The van der Waals surface area contributed by atoms with Crippen molar-refractivity contribution in [3.63, 3.8) is 0 Å². The van der Waals surface area contributed by atoms with Gasteiger partial charge >= 0.3 is 6.03 Å². The van der Waals surface area contributed by atoms with E-state index in [2.05, 4.69) is 5.32 Å². The van der Waals surface area contributed by atoms with Gasteiger partial charge in [0.25, 0.3) is 0 Å².